The van der Waals surface area contributed by atoms with Gasteiger partial charge in [-0.15, -0.1) is 0 Å². The van der Waals surface area contributed by atoms with E-state index in [1.54, 1.807) is 0 Å². The maximum atomic E-state index is 11.5. The lowest BCUT2D eigenvalue weighted by Gasteiger charge is -2.10. The Morgan fingerprint density at radius 2 is 2.33 bits per heavy atom. The van der Waals surface area contributed by atoms with Crippen LogP contribution in [0, 0.1) is 0 Å². The van der Waals surface area contributed by atoms with Crippen molar-refractivity contribution in [3.05, 3.63) is 12.2 Å². The summed E-state index contributed by atoms with van der Waals surface area (Å²) in [5, 5.41) is 6.16. The first-order chi connectivity index (χ1) is 8.38. The molecular weight excluding hydrogens is 260 g/mol. The summed E-state index contributed by atoms with van der Waals surface area (Å²) in [4.78, 5) is 15.3. The first-order valence-electron chi connectivity index (χ1n) is 5.35. The highest BCUT2D eigenvalue weighted by Gasteiger charge is 2.15. The number of hydrogen-bond acceptors (Lipinski definition) is 7. The molecule has 0 saturated carbocycles. The molecule has 0 spiro atoms. The molecule has 0 aromatic carbocycles. The molecule has 1 aromatic rings. The van der Waals surface area contributed by atoms with Crippen molar-refractivity contribution in [3.63, 3.8) is 0 Å². The van der Waals surface area contributed by atoms with Crippen molar-refractivity contribution in [2.24, 2.45) is 5.73 Å². The number of carbonyl (C=O) groups is 1. The molecule has 0 saturated heterocycles. The molecule has 102 valence electrons. The van der Waals surface area contributed by atoms with Crippen LogP contribution in [0.15, 0.2) is 10.9 Å². The van der Waals surface area contributed by atoms with Gasteiger partial charge in [-0.2, -0.15) is 4.98 Å². The minimum Gasteiger partial charge on any atom is -0.354 e. The van der Waals surface area contributed by atoms with Gasteiger partial charge in [0, 0.05) is 19.2 Å². The van der Waals surface area contributed by atoms with Crippen molar-refractivity contribution in [1.29, 1.82) is 0 Å². The molecule has 0 aliphatic heterocycles. The summed E-state index contributed by atoms with van der Waals surface area (Å²) in [6.07, 6.45) is 2.84. The minimum absolute atomic E-state index is 0.104. The molecule has 8 nitrogen and oxygen atoms in total. The molecule has 1 atom stereocenters. The van der Waals surface area contributed by atoms with Gasteiger partial charge in [-0.3, -0.25) is 4.79 Å². The molecule has 0 aliphatic rings. The van der Waals surface area contributed by atoms with E-state index >= 15 is 0 Å². The van der Waals surface area contributed by atoms with Crippen LogP contribution in [0.5, 0.6) is 0 Å². The van der Waals surface area contributed by atoms with Crippen LogP contribution in [-0.4, -0.2) is 49.1 Å². The molecule has 0 fully saturated rings. The van der Waals surface area contributed by atoms with Crippen molar-refractivity contribution in [2.45, 2.75) is 18.9 Å². The molecule has 18 heavy (non-hydrogen) atoms. The Kier molecular flexibility index (Phi) is 5.23. The lowest BCUT2D eigenvalue weighted by Crippen LogP contribution is -2.42. The number of carbonyl (C=O) groups excluding carboxylic acids is 1. The van der Waals surface area contributed by atoms with E-state index in [1.807, 2.05) is 0 Å². The van der Waals surface area contributed by atoms with Crippen LogP contribution >= 0.6 is 0 Å². The van der Waals surface area contributed by atoms with E-state index in [-0.39, 0.29) is 18.1 Å². The number of rotatable bonds is 7. The van der Waals surface area contributed by atoms with Gasteiger partial charge in [-0.1, -0.05) is 5.16 Å². The quantitative estimate of drug-likeness (QED) is 0.619. The summed E-state index contributed by atoms with van der Waals surface area (Å²) < 4.78 is 26.4. The fourth-order valence-corrected chi connectivity index (χ4v) is 1.89. The zero-order chi connectivity index (χ0) is 13.6. The van der Waals surface area contributed by atoms with Crippen LogP contribution in [0.1, 0.15) is 12.2 Å². The van der Waals surface area contributed by atoms with Gasteiger partial charge in [0.1, 0.15) is 9.84 Å². The Balaban J connectivity index is 2.23. The number of amides is 1. The highest BCUT2D eigenvalue weighted by atomic mass is 32.2. The molecule has 1 amide bonds. The van der Waals surface area contributed by atoms with E-state index in [0.29, 0.717) is 18.8 Å². The summed E-state index contributed by atoms with van der Waals surface area (Å²) in [7, 11) is -3.10. The Hall–Kier alpha value is -1.48. The second kappa shape index (κ2) is 6.45. The number of nitrogens with two attached hydrogens (primary N) is 1. The second-order valence-corrected chi connectivity index (χ2v) is 6.17. The van der Waals surface area contributed by atoms with Crippen LogP contribution in [0.4, 0.5) is 0 Å². The number of sulfone groups is 1. The Labute approximate surface area is 105 Å². The van der Waals surface area contributed by atoms with Gasteiger partial charge in [0.15, 0.2) is 5.82 Å². The van der Waals surface area contributed by atoms with Crippen LogP contribution < -0.4 is 11.1 Å². The van der Waals surface area contributed by atoms with Crippen molar-refractivity contribution in [2.75, 3.05) is 18.6 Å². The summed E-state index contributed by atoms with van der Waals surface area (Å²) in [5.74, 6) is -0.00552. The van der Waals surface area contributed by atoms with E-state index in [0.717, 1.165) is 6.26 Å². The SMILES string of the molecule is CS(=O)(=O)CCC(N)C(=O)NCCc1ncon1. The van der Waals surface area contributed by atoms with E-state index in [1.165, 1.54) is 6.39 Å². The molecule has 9 heteroatoms. The van der Waals surface area contributed by atoms with Gasteiger partial charge >= 0.3 is 0 Å². The predicted octanol–water partition coefficient (Wildman–Crippen LogP) is -1.51. The molecule has 0 radical (unpaired) electrons. The van der Waals surface area contributed by atoms with E-state index in [4.69, 9.17) is 5.73 Å². The first-order valence-corrected chi connectivity index (χ1v) is 7.41. The molecule has 1 rings (SSSR count). The van der Waals surface area contributed by atoms with E-state index < -0.39 is 15.9 Å². The number of nitrogens with one attached hydrogen (secondary N) is 1. The van der Waals surface area contributed by atoms with Crippen LogP contribution in [-0.2, 0) is 21.1 Å². The van der Waals surface area contributed by atoms with Gasteiger partial charge in [0.2, 0.25) is 12.3 Å². The summed E-state index contributed by atoms with van der Waals surface area (Å²) >= 11 is 0. The number of aromatic nitrogens is 2. The third kappa shape index (κ3) is 5.73. The van der Waals surface area contributed by atoms with Crippen molar-refractivity contribution >= 4 is 15.7 Å². The fraction of sp³-hybridized carbons (Fsp3) is 0.667. The second-order valence-electron chi connectivity index (χ2n) is 3.91. The summed E-state index contributed by atoms with van der Waals surface area (Å²) in [6, 6.07) is -0.829. The van der Waals surface area contributed by atoms with Gasteiger partial charge in [0.25, 0.3) is 0 Å². The third-order valence-corrected chi connectivity index (χ3v) is 3.17. The minimum atomic E-state index is -3.10. The third-order valence-electron chi connectivity index (χ3n) is 2.19. The van der Waals surface area contributed by atoms with Gasteiger partial charge < -0.3 is 15.6 Å². The van der Waals surface area contributed by atoms with E-state index in [2.05, 4.69) is 20.0 Å². The van der Waals surface area contributed by atoms with Crippen molar-refractivity contribution in [1.82, 2.24) is 15.5 Å². The average Bonchev–Trinajstić information content (AvgIpc) is 2.77. The molecule has 0 aliphatic carbocycles. The monoisotopic (exact) mass is 276 g/mol. The number of hydrogen-bond donors (Lipinski definition) is 2. The zero-order valence-electron chi connectivity index (χ0n) is 10.00. The Morgan fingerprint density at radius 3 is 2.89 bits per heavy atom. The maximum absolute atomic E-state index is 11.5. The highest BCUT2D eigenvalue weighted by Crippen LogP contribution is 1.94. The van der Waals surface area contributed by atoms with Gasteiger partial charge in [-0.25, -0.2) is 8.42 Å². The predicted molar refractivity (Wildman–Crippen MR) is 63.3 cm³/mol. The standard InChI is InChI=1S/C9H16N4O4S/c1-18(15,16)5-3-7(10)9(14)11-4-2-8-12-6-17-13-8/h6-7H,2-5,10H2,1H3,(H,11,14). The molecule has 1 heterocycles. The largest absolute Gasteiger partial charge is 0.354 e. The molecule has 1 unspecified atom stereocenters. The fourth-order valence-electron chi connectivity index (χ4n) is 1.20. The molecule has 0 bridgehead atoms. The summed E-state index contributed by atoms with van der Waals surface area (Å²) in [6.45, 7) is 0.324. The normalized spacial score (nSPS) is 13.2. The topological polar surface area (TPSA) is 128 Å². The Bertz CT molecular complexity index is 471. The zero-order valence-corrected chi connectivity index (χ0v) is 10.8. The van der Waals surface area contributed by atoms with Crippen molar-refractivity contribution < 1.29 is 17.7 Å². The maximum Gasteiger partial charge on any atom is 0.236 e. The van der Waals surface area contributed by atoms with Gasteiger partial charge in [0.05, 0.1) is 11.8 Å². The molecule has 3 N–H and O–H groups in total. The molecule has 1 aromatic heterocycles. The lowest BCUT2D eigenvalue weighted by molar-refractivity contribution is -0.122. The average molecular weight is 276 g/mol. The van der Waals surface area contributed by atoms with Crippen LogP contribution in [0.3, 0.4) is 0 Å². The number of nitrogens with zero attached hydrogens (tertiary/aromatic N) is 2. The first kappa shape index (κ1) is 14.6. The smallest absolute Gasteiger partial charge is 0.236 e. The highest BCUT2D eigenvalue weighted by molar-refractivity contribution is 7.90. The van der Waals surface area contributed by atoms with Crippen LogP contribution in [0.25, 0.3) is 0 Å². The van der Waals surface area contributed by atoms with Crippen LogP contribution in [0.2, 0.25) is 0 Å². The van der Waals surface area contributed by atoms with E-state index in [9.17, 15) is 13.2 Å². The Morgan fingerprint density at radius 1 is 1.61 bits per heavy atom. The van der Waals surface area contributed by atoms with Crippen molar-refractivity contribution in [3.8, 4) is 0 Å². The molecular formula is C9H16N4O4S. The van der Waals surface area contributed by atoms with Gasteiger partial charge in [-0.05, 0) is 6.42 Å². The summed E-state index contributed by atoms with van der Waals surface area (Å²) in [5.41, 5.74) is 5.56. The lowest BCUT2D eigenvalue weighted by atomic mass is 10.2.